The number of likely N-dealkylation sites (tertiary alicyclic amines) is 1. The molecule has 3 rings (SSSR count). The van der Waals surface area contributed by atoms with E-state index in [2.05, 4.69) is 11.8 Å². The molecule has 1 unspecified atom stereocenters. The molecule has 1 aliphatic heterocycles. The maximum absolute atomic E-state index is 12.4. The molecule has 3 atom stereocenters. The fourth-order valence-electron chi connectivity index (χ4n) is 3.81. The molecular weight excluding hydrogens is 414 g/mol. The van der Waals surface area contributed by atoms with Crippen LogP contribution in [-0.4, -0.2) is 47.7 Å². The molecular formula is C28H31NO4. The minimum absolute atomic E-state index is 0.00339. The molecule has 1 heterocycles. The Morgan fingerprint density at radius 2 is 1.94 bits per heavy atom. The van der Waals surface area contributed by atoms with Gasteiger partial charge in [-0.1, -0.05) is 61.2 Å². The Morgan fingerprint density at radius 1 is 1.21 bits per heavy atom. The maximum Gasteiger partial charge on any atom is 0.337 e. The summed E-state index contributed by atoms with van der Waals surface area (Å²) < 4.78 is 4.72. The fourth-order valence-corrected chi connectivity index (χ4v) is 3.81. The number of aliphatic hydroxyl groups is 1. The molecule has 5 nitrogen and oxygen atoms in total. The van der Waals surface area contributed by atoms with Crippen LogP contribution in [0.2, 0.25) is 0 Å². The Morgan fingerprint density at radius 3 is 2.64 bits per heavy atom. The summed E-state index contributed by atoms with van der Waals surface area (Å²) >= 11 is 0. The fraction of sp³-hybridized carbons (Fsp3) is 0.357. The Balaban J connectivity index is 1.52. The zero-order valence-corrected chi connectivity index (χ0v) is 19.2. The van der Waals surface area contributed by atoms with E-state index in [4.69, 9.17) is 4.74 Å². The lowest BCUT2D eigenvalue weighted by Gasteiger charge is -2.23. The summed E-state index contributed by atoms with van der Waals surface area (Å²) in [5, 5.41) is 10.5. The Kier molecular flexibility index (Phi) is 8.86. The second kappa shape index (κ2) is 12.0. The highest BCUT2D eigenvalue weighted by molar-refractivity contribution is 5.89. The van der Waals surface area contributed by atoms with Gasteiger partial charge in [0.25, 0.3) is 0 Å². The van der Waals surface area contributed by atoms with E-state index in [0.717, 1.165) is 17.5 Å². The van der Waals surface area contributed by atoms with Gasteiger partial charge >= 0.3 is 5.97 Å². The van der Waals surface area contributed by atoms with Crippen molar-refractivity contribution in [1.82, 2.24) is 4.90 Å². The molecule has 2 aromatic carbocycles. The second-order valence-electron chi connectivity index (χ2n) is 8.36. The van der Waals surface area contributed by atoms with Gasteiger partial charge < -0.3 is 14.7 Å². The third-order valence-corrected chi connectivity index (χ3v) is 5.94. The smallest absolute Gasteiger partial charge is 0.337 e. The Bertz CT molecular complexity index is 1020. The van der Waals surface area contributed by atoms with Crippen molar-refractivity contribution in [2.24, 2.45) is 5.92 Å². The highest BCUT2D eigenvalue weighted by Gasteiger charge is 2.28. The molecule has 2 aromatic rings. The molecule has 1 aliphatic rings. The molecule has 5 heteroatoms. The highest BCUT2D eigenvalue weighted by Crippen LogP contribution is 2.21. The van der Waals surface area contributed by atoms with E-state index in [0.29, 0.717) is 31.4 Å². The predicted octanol–water partition coefficient (Wildman–Crippen LogP) is 4.00. The number of carbonyl (C=O) groups excluding carboxylic acids is 2. The molecule has 0 bridgehead atoms. The number of hydrogen-bond donors (Lipinski definition) is 1. The lowest BCUT2D eigenvalue weighted by molar-refractivity contribution is -0.128. The number of esters is 1. The van der Waals surface area contributed by atoms with Gasteiger partial charge in [-0.25, -0.2) is 4.79 Å². The van der Waals surface area contributed by atoms with Crippen LogP contribution in [0.25, 0.3) is 0 Å². The van der Waals surface area contributed by atoms with E-state index in [1.54, 1.807) is 18.2 Å². The monoisotopic (exact) mass is 445 g/mol. The first-order chi connectivity index (χ1) is 16.0. The largest absolute Gasteiger partial charge is 0.465 e. The number of ether oxygens (including phenoxy) is 1. The molecule has 0 saturated carbocycles. The van der Waals surface area contributed by atoms with Crippen LogP contribution in [0.1, 0.15) is 47.7 Å². The normalized spacial score (nSPS) is 17.5. The SMILES string of the molecule is COC(=O)c1ccc(CCN2C(=O)CC[C@@H]2/C=C/[C@@H](O)C(C)CC#Cc2ccccc2)cc1. The maximum atomic E-state index is 12.4. The summed E-state index contributed by atoms with van der Waals surface area (Å²) in [6.07, 6.45) is 5.71. The summed E-state index contributed by atoms with van der Waals surface area (Å²) in [5.74, 6) is 6.03. The van der Waals surface area contributed by atoms with Crippen LogP contribution in [0.3, 0.4) is 0 Å². The number of amides is 1. The van der Waals surface area contributed by atoms with Crippen molar-refractivity contribution >= 4 is 11.9 Å². The number of hydrogen-bond acceptors (Lipinski definition) is 4. The van der Waals surface area contributed by atoms with Gasteiger partial charge in [-0.05, 0) is 48.6 Å². The van der Waals surface area contributed by atoms with Crippen LogP contribution in [0.15, 0.2) is 66.7 Å². The zero-order chi connectivity index (χ0) is 23.6. The Labute approximate surface area is 196 Å². The van der Waals surface area contributed by atoms with Crippen molar-refractivity contribution in [1.29, 1.82) is 0 Å². The van der Waals surface area contributed by atoms with Crippen LogP contribution in [0, 0.1) is 17.8 Å². The number of methoxy groups -OCH3 is 1. The molecule has 172 valence electrons. The van der Waals surface area contributed by atoms with Gasteiger partial charge in [-0.15, -0.1) is 0 Å². The molecule has 1 saturated heterocycles. The average Bonchev–Trinajstić information content (AvgIpc) is 3.20. The van der Waals surface area contributed by atoms with Crippen molar-refractivity contribution in [2.75, 3.05) is 13.7 Å². The van der Waals surface area contributed by atoms with Crippen molar-refractivity contribution < 1.29 is 19.4 Å². The quantitative estimate of drug-likeness (QED) is 0.379. The zero-order valence-electron chi connectivity index (χ0n) is 19.2. The van der Waals surface area contributed by atoms with E-state index in [1.165, 1.54) is 7.11 Å². The lowest BCUT2D eigenvalue weighted by atomic mass is 9.99. The summed E-state index contributed by atoms with van der Waals surface area (Å²) in [5.41, 5.74) is 2.53. The van der Waals surface area contributed by atoms with Gasteiger partial charge in [-0.2, -0.15) is 0 Å². The number of nitrogens with zero attached hydrogens (tertiary/aromatic N) is 1. The summed E-state index contributed by atoms with van der Waals surface area (Å²) in [7, 11) is 1.36. The van der Waals surface area contributed by atoms with E-state index in [-0.39, 0.29) is 23.8 Å². The minimum Gasteiger partial charge on any atom is -0.465 e. The third kappa shape index (κ3) is 7.06. The van der Waals surface area contributed by atoms with Gasteiger partial charge in [0.05, 0.1) is 24.8 Å². The molecule has 1 fully saturated rings. The molecule has 0 spiro atoms. The first-order valence-corrected chi connectivity index (χ1v) is 11.3. The molecule has 0 aromatic heterocycles. The van der Waals surface area contributed by atoms with Gasteiger partial charge in [0.15, 0.2) is 0 Å². The van der Waals surface area contributed by atoms with Crippen LogP contribution in [0.4, 0.5) is 0 Å². The first-order valence-electron chi connectivity index (χ1n) is 11.3. The number of aliphatic hydroxyl groups excluding tert-OH is 1. The van der Waals surface area contributed by atoms with E-state index < -0.39 is 6.10 Å². The topological polar surface area (TPSA) is 66.8 Å². The molecule has 1 N–H and O–H groups in total. The van der Waals surface area contributed by atoms with Crippen LogP contribution in [0.5, 0.6) is 0 Å². The van der Waals surface area contributed by atoms with Crippen molar-refractivity contribution in [2.45, 2.75) is 44.8 Å². The van der Waals surface area contributed by atoms with Gasteiger partial charge in [0, 0.05) is 24.9 Å². The first kappa shape index (κ1) is 24.3. The molecule has 0 aliphatic carbocycles. The van der Waals surface area contributed by atoms with Crippen LogP contribution >= 0.6 is 0 Å². The van der Waals surface area contributed by atoms with Gasteiger partial charge in [0.1, 0.15) is 0 Å². The van der Waals surface area contributed by atoms with Crippen LogP contribution < -0.4 is 0 Å². The highest BCUT2D eigenvalue weighted by atomic mass is 16.5. The number of rotatable bonds is 8. The van der Waals surface area contributed by atoms with E-state index in [9.17, 15) is 14.7 Å². The number of carbonyl (C=O) groups is 2. The number of benzene rings is 2. The van der Waals surface area contributed by atoms with E-state index >= 15 is 0 Å². The van der Waals surface area contributed by atoms with Crippen molar-refractivity contribution in [3.63, 3.8) is 0 Å². The molecule has 0 radical (unpaired) electrons. The Hall–Kier alpha value is -3.36. The van der Waals surface area contributed by atoms with Crippen molar-refractivity contribution in [3.8, 4) is 11.8 Å². The molecule has 33 heavy (non-hydrogen) atoms. The summed E-state index contributed by atoms with van der Waals surface area (Å²) in [6.45, 7) is 2.57. The minimum atomic E-state index is -0.613. The summed E-state index contributed by atoms with van der Waals surface area (Å²) in [6, 6.07) is 17.0. The standard InChI is InChI=1S/C28H31NO4/c1-21(7-6-10-22-8-4-3-5-9-22)26(30)17-15-25-16-18-27(31)29(25)20-19-23-11-13-24(14-12-23)28(32)33-2/h3-5,8-9,11-15,17,21,25-26,30H,7,16,18-20H2,1-2H3/b17-15+/t21?,25-,26+/m0/s1. The molecule has 1 amide bonds. The van der Waals surface area contributed by atoms with Crippen LogP contribution in [-0.2, 0) is 16.0 Å². The predicted molar refractivity (Wildman–Crippen MR) is 128 cm³/mol. The third-order valence-electron chi connectivity index (χ3n) is 5.94. The van der Waals surface area contributed by atoms with Gasteiger partial charge in [-0.3, -0.25) is 4.79 Å². The average molecular weight is 446 g/mol. The summed E-state index contributed by atoms with van der Waals surface area (Å²) in [4.78, 5) is 25.8. The van der Waals surface area contributed by atoms with Gasteiger partial charge in [0.2, 0.25) is 5.91 Å². The lowest BCUT2D eigenvalue weighted by Crippen LogP contribution is -2.34. The van der Waals surface area contributed by atoms with Crippen molar-refractivity contribution in [3.05, 3.63) is 83.4 Å². The second-order valence-corrected chi connectivity index (χ2v) is 8.36. The van der Waals surface area contributed by atoms with E-state index in [1.807, 2.05) is 60.4 Å².